The summed E-state index contributed by atoms with van der Waals surface area (Å²) in [5, 5.41) is 4.62. The van der Waals surface area contributed by atoms with Crippen molar-refractivity contribution in [3.05, 3.63) is 36.0 Å². The van der Waals surface area contributed by atoms with Crippen molar-refractivity contribution in [2.45, 2.75) is 38.8 Å². The number of carbonyl (C=O) groups is 1. The van der Waals surface area contributed by atoms with Gasteiger partial charge in [0, 0.05) is 36.1 Å². The van der Waals surface area contributed by atoms with Gasteiger partial charge in [-0.25, -0.2) is 0 Å². The fourth-order valence-electron chi connectivity index (χ4n) is 3.09. The second-order valence-electron chi connectivity index (χ2n) is 5.80. The Balaban J connectivity index is 1.87. The minimum absolute atomic E-state index is 0.123. The van der Waals surface area contributed by atoms with Gasteiger partial charge in [0.15, 0.2) is 0 Å². The van der Waals surface area contributed by atoms with Crippen molar-refractivity contribution >= 4 is 16.8 Å². The number of carbonyl (C=O) groups excluding carboxylic acids is 1. The maximum absolute atomic E-state index is 12.9. The van der Waals surface area contributed by atoms with Crippen LogP contribution in [-0.4, -0.2) is 41.0 Å². The van der Waals surface area contributed by atoms with Gasteiger partial charge >= 0.3 is 0 Å². The topological polar surface area (TPSA) is 48.1 Å². The van der Waals surface area contributed by atoms with Crippen molar-refractivity contribution in [2.75, 3.05) is 13.1 Å². The molecular formula is C17H23N3O. The van der Waals surface area contributed by atoms with Crippen LogP contribution in [0.2, 0.25) is 0 Å². The Bertz CT molecular complexity index is 601. The van der Waals surface area contributed by atoms with Crippen LogP contribution in [0.5, 0.6) is 0 Å². The molecule has 0 spiro atoms. The second kappa shape index (κ2) is 5.90. The molecule has 1 aromatic heterocycles. The van der Waals surface area contributed by atoms with Gasteiger partial charge in [0.2, 0.25) is 0 Å². The highest BCUT2D eigenvalue weighted by atomic mass is 16.2. The molecule has 1 aliphatic heterocycles. The number of rotatable bonds is 3. The number of benzene rings is 1. The normalized spacial score (nSPS) is 22.7. The summed E-state index contributed by atoms with van der Waals surface area (Å²) in [4.78, 5) is 18.2. The molecule has 2 aromatic rings. The average Bonchev–Trinajstić information content (AvgIpc) is 2.97. The molecule has 0 bridgehead atoms. The molecule has 112 valence electrons. The number of aromatic nitrogens is 1. The summed E-state index contributed by atoms with van der Waals surface area (Å²) in [7, 11) is 0. The first kappa shape index (κ1) is 14.1. The Kier molecular flexibility index (Phi) is 3.97. The van der Waals surface area contributed by atoms with E-state index in [1.807, 2.05) is 35.2 Å². The molecule has 4 nitrogen and oxygen atoms in total. The van der Waals surface area contributed by atoms with Crippen LogP contribution in [0.1, 0.15) is 37.2 Å². The van der Waals surface area contributed by atoms with Crippen LogP contribution < -0.4 is 5.32 Å². The van der Waals surface area contributed by atoms with Gasteiger partial charge in [0.1, 0.15) is 5.69 Å². The van der Waals surface area contributed by atoms with Crippen molar-refractivity contribution in [3.8, 4) is 0 Å². The lowest BCUT2D eigenvalue weighted by Crippen LogP contribution is -2.57. The van der Waals surface area contributed by atoms with Crippen LogP contribution >= 0.6 is 0 Å². The van der Waals surface area contributed by atoms with E-state index in [0.717, 1.165) is 36.8 Å². The highest BCUT2D eigenvalue weighted by Crippen LogP contribution is 2.19. The Labute approximate surface area is 125 Å². The molecule has 0 radical (unpaired) electrons. The zero-order valence-electron chi connectivity index (χ0n) is 12.7. The molecule has 3 rings (SSSR count). The molecule has 2 N–H and O–H groups in total. The summed E-state index contributed by atoms with van der Waals surface area (Å²) in [5.74, 6) is 0.123. The first-order valence-electron chi connectivity index (χ1n) is 7.85. The van der Waals surface area contributed by atoms with Crippen LogP contribution in [-0.2, 0) is 0 Å². The van der Waals surface area contributed by atoms with Crippen molar-refractivity contribution in [2.24, 2.45) is 0 Å². The molecule has 1 aliphatic rings. The molecule has 4 heteroatoms. The summed E-state index contributed by atoms with van der Waals surface area (Å²) in [5.41, 5.74) is 1.72. The number of fused-ring (bicyclic) bond motifs is 1. The molecule has 1 aromatic carbocycles. The summed E-state index contributed by atoms with van der Waals surface area (Å²) >= 11 is 0. The fourth-order valence-corrected chi connectivity index (χ4v) is 3.09. The zero-order valence-corrected chi connectivity index (χ0v) is 12.7. The summed E-state index contributed by atoms with van der Waals surface area (Å²) < 4.78 is 0. The quantitative estimate of drug-likeness (QED) is 0.911. The third-order valence-electron chi connectivity index (χ3n) is 4.49. The van der Waals surface area contributed by atoms with E-state index in [9.17, 15) is 4.79 Å². The van der Waals surface area contributed by atoms with Crippen LogP contribution in [0.4, 0.5) is 0 Å². The number of hydrogen-bond donors (Lipinski definition) is 2. The maximum atomic E-state index is 12.9. The van der Waals surface area contributed by atoms with E-state index in [0.29, 0.717) is 11.7 Å². The van der Waals surface area contributed by atoms with Gasteiger partial charge < -0.3 is 15.2 Å². The first-order chi connectivity index (χ1) is 10.2. The summed E-state index contributed by atoms with van der Waals surface area (Å²) in [6.07, 6.45) is 2.03. The molecule has 1 saturated heterocycles. The van der Waals surface area contributed by atoms with Crippen LogP contribution in [0, 0.1) is 0 Å². The van der Waals surface area contributed by atoms with Crippen molar-refractivity contribution in [1.82, 2.24) is 15.2 Å². The number of nitrogens with one attached hydrogen (secondary N) is 2. The molecule has 1 fully saturated rings. The van der Waals surface area contributed by atoms with Crippen molar-refractivity contribution in [3.63, 3.8) is 0 Å². The molecule has 2 atom stereocenters. The fraction of sp³-hybridized carbons (Fsp3) is 0.471. The number of aromatic amines is 1. The standard InChI is InChI=1S/C17H23N3O/c1-3-13-11-20(14(4-2)10-18-13)17(21)16-9-12-7-5-6-8-15(12)19-16/h5-9,13-14,18-19H,3-4,10-11H2,1-2H3. The lowest BCUT2D eigenvalue weighted by Gasteiger charge is -2.39. The second-order valence-corrected chi connectivity index (χ2v) is 5.80. The van der Waals surface area contributed by atoms with Gasteiger partial charge in [-0.2, -0.15) is 0 Å². The maximum Gasteiger partial charge on any atom is 0.270 e. The van der Waals surface area contributed by atoms with E-state index in [1.54, 1.807) is 0 Å². The van der Waals surface area contributed by atoms with Crippen molar-refractivity contribution in [1.29, 1.82) is 0 Å². The molecule has 0 saturated carbocycles. The van der Waals surface area contributed by atoms with Gasteiger partial charge in [-0.05, 0) is 25.0 Å². The highest BCUT2D eigenvalue weighted by Gasteiger charge is 2.30. The Hall–Kier alpha value is -1.81. The first-order valence-corrected chi connectivity index (χ1v) is 7.85. The van der Waals surface area contributed by atoms with Gasteiger partial charge in [-0.3, -0.25) is 4.79 Å². The molecule has 1 amide bonds. The van der Waals surface area contributed by atoms with Crippen LogP contribution in [0.15, 0.2) is 30.3 Å². The molecular weight excluding hydrogens is 262 g/mol. The van der Waals surface area contributed by atoms with E-state index in [1.165, 1.54) is 0 Å². The van der Waals surface area contributed by atoms with Crippen LogP contribution in [0.3, 0.4) is 0 Å². The van der Waals surface area contributed by atoms with Gasteiger partial charge in [-0.15, -0.1) is 0 Å². The monoisotopic (exact) mass is 285 g/mol. The summed E-state index contributed by atoms with van der Waals surface area (Å²) in [6, 6.07) is 10.7. The van der Waals surface area contributed by atoms with Crippen molar-refractivity contribution < 1.29 is 4.79 Å². The van der Waals surface area contributed by atoms with E-state index >= 15 is 0 Å². The van der Waals surface area contributed by atoms with E-state index in [2.05, 4.69) is 24.1 Å². The minimum Gasteiger partial charge on any atom is -0.351 e. The number of piperazine rings is 1. The number of para-hydroxylation sites is 1. The predicted molar refractivity (Wildman–Crippen MR) is 85.5 cm³/mol. The smallest absolute Gasteiger partial charge is 0.270 e. The summed E-state index contributed by atoms with van der Waals surface area (Å²) in [6.45, 7) is 5.99. The molecule has 21 heavy (non-hydrogen) atoms. The third-order valence-corrected chi connectivity index (χ3v) is 4.49. The van der Waals surface area contributed by atoms with Gasteiger partial charge in [0.05, 0.1) is 0 Å². The highest BCUT2D eigenvalue weighted by molar-refractivity contribution is 5.98. The lowest BCUT2D eigenvalue weighted by molar-refractivity contribution is 0.0571. The number of H-pyrrole nitrogens is 1. The average molecular weight is 285 g/mol. The Morgan fingerprint density at radius 1 is 1.29 bits per heavy atom. The zero-order chi connectivity index (χ0) is 14.8. The van der Waals surface area contributed by atoms with Gasteiger partial charge in [0.25, 0.3) is 5.91 Å². The van der Waals surface area contributed by atoms with Crippen LogP contribution in [0.25, 0.3) is 10.9 Å². The molecule has 2 heterocycles. The van der Waals surface area contributed by atoms with E-state index in [4.69, 9.17) is 0 Å². The Morgan fingerprint density at radius 3 is 2.81 bits per heavy atom. The van der Waals surface area contributed by atoms with E-state index < -0.39 is 0 Å². The predicted octanol–water partition coefficient (Wildman–Crippen LogP) is 2.77. The SMILES string of the molecule is CCC1CN(C(=O)c2cc3ccccc3[nH]2)C(CC)CN1. The number of amides is 1. The third kappa shape index (κ3) is 2.68. The lowest BCUT2D eigenvalue weighted by atomic mass is 10.0. The number of nitrogens with zero attached hydrogens (tertiary/aromatic N) is 1. The van der Waals surface area contributed by atoms with Gasteiger partial charge in [-0.1, -0.05) is 32.0 Å². The largest absolute Gasteiger partial charge is 0.351 e. The Morgan fingerprint density at radius 2 is 2.10 bits per heavy atom. The van der Waals surface area contributed by atoms with E-state index in [-0.39, 0.29) is 11.9 Å². The molecule has 0 aliphatic carbocycles. The number of hydrogen-bond acceptors (Lipinski definition) is 2. The minimum atomic E-state index is 0.123. The molecule has 2 unspecified atom stereocenters.